The van der Waals surface area contributed by atoms with E-state index in [1.807, 2.05) is 91.0 Å². The number of hydrogen-bond acceptors (Lipinski definition) is 4. The first-order chi connectivity index (χ1) is 15.4. The molecule has 3 rings (SSSR count). The van der Waals surface area contributed by atoms with Crippen LogP contribution in [0.1, 0.15) is 12.8 Å². The molecule has 168 valence electrons. The van der Waals surface area contributed by atoms with E-state index in [9.17, 15) is 9.59 Å². The third-order valence-corrected chi connectivity index (χ3v) is 13.3. The van der Waals surface area contributed by atoms with E-state index in [0.717, 1.165) is 15.9 Å². The van der Waals surface area contributed by atoms with Gasteiger partial charge in [-0.25, -0.2) is 0 Å². The standard InChI is InChI=1S/C26H28ClO4P/c1-30-25(28)19-18-21(26(29)31-2)20-32(27,22-12-6-3-7-13-22,23-14-8-4-9-15-23)24-16-10-5-11-17-24/h3-17,21H,18-20H2,1-2H3. The fourth-order valence-corrected chi connectivity index (χ4v) is 10.8. The molecule has 0 fully saturated rings. The van der Waals surface area contributed by atoms with Gasteiger partial charge < -0.3 is 0 Å². The molecule has 0 heterocycles. The van der Waals surface area contributed by atoms with Crippen LogP contribution in [0.4, 0.5) is 0 Å². The molecule has 32 heavy (non-hydrogen) atoms. The van der Waals surface area contributed by atoms with Gasteiger partial charge in [0.05, 0.1) is 0 Å². The van der Waals surface area contributed by atoms with Gasteiger partial charge in [-0.3, -0.25) is 0 Å². The van der Waals surface area contributed by atoms with Gasteiger partial charge in [-0.05, 0) is 0 Å². The van der Waals surface area contributed by atoms with Crippen molar-refractivity contribution in [1.82, 2.24) is 0 Å². The Morgan fingerprint density at radius 3 is 1.50 bits per heavy atom. The third-order valence-electron chi connectivity index (χ3n) is 5.91. The zero-order valence-electron chi connectivity index (χ0n) is 18.3. The number of ether oxygens (including phenoxy) is 2. The summed E-state index contributed by atoms with van der Waals surface area (Å²) in [5.41, 5.74) is 0. The predicted octanol–water partition coefficient (Wildman–Crippen LogP) is 4.41. The Bertz CT molecular complexity index is 942. The molecule has 1 unspecified atom stereocenters. The number of benzene rings is 3. The van der Waals surface area contributed by atoms with Gasteiger partial charge in [-0.1, -0.05) is 0 Å². The number of esters is 2. The fourth-order valence-electron chi connectivity index (χ4n) is 4.24. The first-order valence-electron chi connectivity index (χ1n) is 10.5. The van der Waals surface area contributed by atoms with Crippen LogP contribution < -0.4 is 15.9 Å². The van der Waals surface area contributed by atoms with Crippen molar-refractivity contribution in [3.8, 4) is 0 Å². The molecule has 3 aromatic carbocycles. The second-order valence-corrected chi connectivity index (χ2v) is 14.2. The van der Waals surface area contributed by atoms with Crippen molar-refractivity contribution >= 4 is 45.0 Å². The Labute approximate surface area is 194 Å². The zero-order valence-corrected chi connectivity index (χ0v) is 20.0. The number of methoxy groups -OCH3 is 2. The Hall–Kier alpha value is -2.68. The van der Waals surface area contributed by atoms with Gasteiger partial charge in [0.2, 0.25) is 0 Å². The molecule has 0 saturated carbocycles. The summed E-state index contributed by atoms with van der Waals surface area (Å²) in [7, 11) is 2.71. The molecule has 0 spiro atoms. The van der Waals surface area contributed by atoms with Gasteiger partial charge >= 0.3 is 194 Å². The first-order valence-corrected chi connectivity index (χ1v) is 13.8. The summed E-state index contributed by atoms with van der Waals surface area (Å²) in [6.07, 6.45) is 0.726. The Kier molecular flexibility index (Phi) is 7.71. The van der Waals surface area contributed by atoms with Crippen molar-refractivity contribution in [2.24, 2.45) is 5.92 Å². The molecule has 0 aromatic heterocycles. The van der Waals surface area contributed by atoms with E-state index in [0.29, 0.717) is 6.16 Å². The molecule has 0 amide bonds. The van der Waals surface area contributed by atoms with Gasteiger partial charge in [-0.2, -0.15) is 0 Å². The van der Waals surface area contributed by atoms with Crippen molar-refractivity contribution in [2.45, 2.75) is 12.8 Å². The van der Waals surface area contributed by atoms with Gasteiger partial charge in [0, 0.05) is 0 Å². The van der Waals surface area contributed by atoms with Gasteiger partial charge in [0.15, 0.2) is 0 Å². The maximum absolute atomic E-state index is 12.9. The van der Waals surface area contributed by atoms with E-state index in [4.69, 9.17) is 20.7 Å². The molecular formula is C26H28ClO4P. The molecular weight excluding hydrogens is 443 g/mol. The van der Waals surface area contributed by atoms with E-state index >= 15 is 0 Å². The van der Waals surface area contributed by atoms with Crippen LogP contribution in [0.25, 0.3) is 0 Å². The van der Waals surface area contributed by atoms with Crippen LogP contribution in [0.3, 0.4) is 0 Å². The van der Waals surface area contributed by atoms with Crippen molar-refractivity contribution in [3.05, 3.63) is 91.0 Å². The molecule has 0 aliphatic heterocycles. The molecule has 6 heteroatoms. The molecule has 0 aliphatic rings. The maximum atomic E-state index is 12.9. The zero-order chi connectivity index (χ0) is 23.1. The minimum absolute atomic E-state index is 0.109. The molecule has 1 atom stereocenters. The number of carbonyl (C=O) groups is 2. The summed E-state index contributed by atoms with van der Waals surface area (Å²) in [6, 6.07) is 29.8. The second-order valence-electron chi connectivity index (χ2n) is 7.71. The van der Waals surface area contributed by atoms with Crippen LogP contribution in [0.2, 0.25) is 0 Å². The van der Waals surface area contributed by atoms with Crippen LogP contribution >= 0.6 is 17.2 Å². The van der Waals surface area contributed by atoms with E-state index in [1.165, 1.54) is 14.2 Å². The summed E-state index contributed by atoms with van der Waals surface area (Å²) in [4.78, 5) is 24.8. The molecule has 4 nitrogen and oxygen atoms in total. The number of halogens is 1. The van der Waals surface area contributed by atoms with Gasteiger partial charge in [0.1, 0.15) is 0 Å². The van der Waals surface area contributed by atoms with Crippen molar-refractivity contribution in [1.29, 1.82) is 0 Å². The quantitative estimate of drug-likeness (QED) is 0.343. The van der Waals surface area contributed by atoms with Crippen LogP contribution in [-0.2, 0) is 19.1 Å². The summed E-state index contributed by atoms with van der Waals surface area (Å²) in [5, 5.41) is 2.89. The van der Waals surface area contributed by atoms with Crippen LogP contribution in [0.15, 0.2) is 91.0 Å². The van der Waals surface area contributed by atoms with Crippen molar-refractivity contribution in [3.63, 3.8) is 0 Å². The summed E-state index contributed by atoms with van der Waals surface area (Å²) >= 11 is 8.03. The Morgan fingerprint density at radius 1 is 0.750 bits per heavy atom. The average Bonchev–Trinajstić information content (AvgIpc) is 2.87. The minimum atomic E-state index is -3.65. The van der Waals surface area contributed by atoms with Crippen molar-refractivity contribution < 1.29 is 19.1 Å². The topological polar surface area (TPSA) is 52.6 Å². The van der Waals surface area contributed by atoms with Crippen LogP contribution in [-0.4, -0.2) is 32.3 Å². The first kappa shape index (κ1) is 24.0. The van der Waals surface area contributed by atoms with E-state index in [2.05, 4.69) is 0 Å². The monoisotopic (exact) mass is 470 g/mol. The number of rotatable bonds is 9. The molecule has 0 aliphatic carbocycles. The van der Waals surface area contributed by atoms with Gasteiger partial charge in [-0.15, -0.1) is 0 Å². The molecule has 0 saturated heterocycles. The molecule has 0 bridgehead atoms. The van der Waals surface area contributed by atoms with Crippen LogP contribution in [0, 0.1) is 5.92 Å². The summed E-state index contributed by atoms with van der Waals surface area (Å²) in [5.74, 6) is -4.99. The van der Waals surface area contributed by atoms with Gasteiger partial charge in [0.25, 0.3) is 0 Å². The third kappa shape index (κ3) is 4.57. The summed E-state index contributed by atoms with van der Waals surface area (Å²) < 4.78 is 9.96. The van der Waals surface area contributed by atoms with E-state index in [-0.39, 0.29) is 24.8 Å². The van der Waals surface area contributed by atoms with E-state index in [1.54, 1.807) is 0 Å². The second kappa shape index (κ2) is 10.3. The Morgan fingerprint density at radius 2 is 1.16 bits per heavy atom. The van der Waals surface area contributed by atoms with E-state index < -0.39 is 11.9 Å². The molecule has 0 N–H and O–H groups in total. The summed E-state index contributed by atoms with van der Waals surface area (Å²) in [6.45, 7) is 0. The van der Waals surface area contributed by atoms with Crippen molar-refractivity contribution in [2.75, 3.05) is 20.4 Å². The predicted molar refractivity (Wildman–Crippen MR) is 133 cm³/mol. The molecule has 0 radical (unpaired) electrons. The average molecular weight is 471 g/mol. The molecule has 3 aromatic rings. The normalized spacial score (nSPS) is 13.4. The number of carbonyl (C=O) groups excluding carboxylic acids is 2. The SMILES string of the molecule is COC(=O)CCC(CP(Cl)(c1ccccc1)(c1ccccc1)c1ccccc1)C(=O)OC. The number of hydrogen-bond donors (Lipinski definition) is 0. The van der Waals surface area contributed by atoms with Crippen LogP contribution in [0.5, 0.6) is 0 Å². The fraction of sp³-hybridized carbons (Fsp3) is 0.231. The Balaban J connectivity index is 2.28.